The van der Waals surface area contributed by atoms with Gasteiger partial charge in [-0.05, 0) is 48.6 Å². The van der Waals surface area contributed by atoms with Gasteiger partial charge in [-0.15, -0.1) is 0 Å². The molecule has 1 aliphatic carbocycles. The zero-order valence-electron chi connectivity index (χ0n) is 14.3. The van der Waals surface area contributed by atoms with Crippen molar-refractivity contribution >= 4 is 5.91 Å². The SMILES string of the molecule is O=C(c1ccccn1)N1C[C@@H]2CCC[C@]2(COCc2ccncc2)C1. The van der Waals surface area contributed by atoms with Gasteiger partial charge in [0.1, 0.15) is 5.69 Å². The molecule has 2 aromatic rings. The Bertz CT molecular complexity index is 722. The van der Waals surface area contributed by atoms with Gasteiger partial charge >= 0.3 is 0 Å². The number of carbonyl (C=O) groups is 1. The highest BCUT2D eigenvalue weighted by Crippen LogP contribution is 2.49. The van der Waals surface area contributed by atoms with Crippen LogP contribution >= 0.6 is 0 Å². The molecule has 5 heteroatoms. The van der Waals surface area contributed by atoms with Crippen molar-refractivity contribution in [3.63, 3.8) is 0 Å². The summed E-state index contributed by atoms with van der Waals surface area (Å²) in [6.45, 7) is 2.93. The van der Waals surface area contributed by atoms with Crippen LogP contribution in [0.1, 0.15) is 35.3 Å². The molecule has 0 N–H and O–H groups in total. The first-order chi connectivity index (χ1) is 12.3. The zero-order chi connectivity index (χ0) is 17.1. The molecule has 2 fully saturated rings. The smallest absolute Gasteiger partial charge is 0.272 e. The monoisotopic (exact) mass is 337 g/mol. The summed E-state index contributed by atoms with van der Waals surface area (Å²) in [5.41, 5.74) is 1.79. The third-order valence-electron chi connectivity index (χ3n) is 5.62. The van der Waals surface area contributed by atoms with E-state index < -0.39 is 0 Å². The minimum atomic E-state index is 0.0449. The van der Waals surface area contributed by atoms with Crippen molar-refractivity contribution < 1.29 is 9.53 Å². The third kappa shape index (κ3) is 3.29. The van der Waals surface area contributed by atoms with Gasteiger partial charge in [-0.25, -0.2) is 0 Å². The summed E-state index contributed by atoms with van der Waals surface area (Å²) in [5.74, 6) is 0.584. The van der Waals surface area contributed by atoms with Crippen molar-refractivity contribution in [2.75, 3.05) is 19.7 Å². The van der Waals surface area contributed by atoms with Crippen molar-refractivity contribution in [1.82, 2.24) is 14.9 Å². The number of likely N-dealkylation sites (tertiary alicyclic amines) is 1. The van der Waals surface area contributed by atoms with Crippen molar-refractivity contribution in [3.05, 3.63) is 60.2 Å². The largest absolute Gasteiger partial charge is 0.376 e. The van der Waals surface area contributed by atoms with E-state index in [2.05, 4.69) is 9.97 Å². The predicted molar refractivity (Wildman–Crippen MR) is 93.8 cm³/mol. The number of fused-ring (bicyclic) bond motifs is 1. The van der Waals surface area contributed by atoms with E-state index in [9.17, 15) is 4.79 Å². The van der Waals surface area contributed by atoms with Crippen LogP contribution in [0.2, 0.25) is 0 Å². The Kier molecular flexibility index (Phi) is 4.49. The molecule has 2 aliphatic rings. The molecule has 4 rings (SSSR count). The topological polar surface area (TPSA) is 55.3 Å². The Morgan fingerprint density at radius 3 is 2.92 bits per heavy atom. The van der Waals surface area contributed by atoms with Gasteiger partial charge in [-0.1, -0.05) is 12.5 Å². The fraction of sp³-hybridized carbons (Fsp3) is 0.450. The predicted octanol–water partition coefficient (Wildman–Crippen LogP) is 2.94. The standard InChI is InChI=1S/C20H23N3O2/c24-19(18-5-1-2-9-22-18)23-12-17-4-3-8-20(17,14-23)15-25-13-16-6-10-21-11-7-16/h1-2,5-7,9-11,17H,3-4,8,12-15H2/t17-,20+/m0/s1. The summed E-state index contributed by atoms with van der Waals surface area (Å²) < 4.78 is 6.06. The molecule has 1 saturated carbocycles. The molecule has 5 nitrogen and oxygen atoms in total. The average molecular weight is 337 g/mol. The Balaban J connectivity index is 1.41. The second-order valence-electron chi connectivity index (χ2n) is 7.20. The van der Waals surface area contributed by atoms with Crippen molar-refractivity contribution in [2.45, 2.75) is 25.9 Å². The highest BCUT2D eigenvalue weighted by Gasteiger charge is 2.50. The van der Waals surface area contributed by atoms with Gasteiger partial charge in [-0.3, -0.25) is 14.8 Å². The number of rotatable bonds is 5. The van der Waals surface area contributed by atoms with E-state index in [1.54, 1.807) is 24.7 Å². The molecule has 0 bridgehead atoms. The van der Waals surface area contributed by atoms with Gasteiger partial charge in [0.15, 0.2) is 0 Å². The lowest BCUT2D eigenvalue weighted by molar-refractivity contribution is 0.0265. The molecule has 1 aliphatic heterocycles. The van der Waals surface area contributed by atoms with Gasteiger partial charge in [0, 0.05) is 37.1 Å². The highest BCUT2D eigenvalue weighted by molar-refractivity contribution is 5.92. The number of amides is 1. The Hall–Kier alpha value is -2.27. The Morgan fingerprint density at radius 1 is 1.24 bits per heavy atom. The van der Waals surface area contributed by atoms with Crippen LogP contribution in [0.15, 0.2) is 48.9 Å². The molecule has 1 saturated heterocycles. The summed E-state index contributed by atoms with van der Waals surface area (Å²) in [4.78, 5) is 23.0. The normalized spacial score (nSPS) is 25.1. The van der Waals surface area contributed by atoms with Crippen LogP contribution in [-0.2, 0) is 11.3 Å². The van der Waals surface area contributed by atoms with E-state index in [4.69, 9.17) is 4.74 Å². The Morgan fingerprint density at radius 2 is 2.12 bits per heavy atom. The maximum Gasteiger partial charge on any atom is 0.272 e. The molecule has 0 aromatic carbocycles. The molecule has 130 valence electrons. The molecule has 1 amide bonds. The summed E-state index contributed by atoms with van der Waals surface area (Å²) in [6.07, 6.45) is 8.81. The van der Waals surface area contributed by atoms with E-state index in [0.717, 1.165) is 25.1 Å². The van der Waals surface area contributed by atoms with E-state index in [-0.39, 0.29) is 11.3 Å². The molecule has 3 heterocycles. The van der Waals surface area contributed by atoms with Gasteiger partial charge in [0.05, 0.1) is 13.2 Å². The summed E-state index contributed by atoms with van der Waals surface area (Å²) in [5, 5.41) is 0. The third-order valence-corrected chi connectivity index (χ3v) is 5.62. The van der Waals surface area contributed by atoms with Crippen LogP contribution in [-0.4, -0.2) is 40.5 Å². The van der Waals surface area contributed by atoms with Gasteiger partial charge in [-0.2, -0.15) is 0 Å². The first-order valence-corrected chi connectivity index (χ1v) is 8.94. The minimum absolute atomic E-state index is 0.0449. The molecule has 0 spiro atoms. The van der Waals surface area contributed by atoms with Gasteiger partial charge in [0.2, 0.25) is 0 Å². The number of ether oxygens (including phenoxy) is 1. The summed E-state index contributed by atoms with van der Waals surface area (Å²) in [6, 6.07) is 9.46. The number of hydrogen-bond acceptors (Lipinski definition) is 4. The van der Waals surface area contributed by atoms with Crippen molar-refractivity contribution in [1.29, 1.82) is 0 Å². The molecule has 0 unspecified atom stereocenters. The van der Waals surface area contributed by atoms with E-state index in [1.807, 2.05) is 29.2 Å². The lowest BCUT2D eigenvalue weighted by Crippen LogP contribution is -2.35. The molecule has 2 atom stereocenters. The van der Waals surface area contributed by atoms with Crippen LogP contribution in [0.3, 0.4) is 0 Å². The maximum absolute atomic E-state index is 12.7. The lowest BCUT2D eigenvalue weighted by atomic mass is 9.81. The minimum Gasteiger partial charge on any atom is -0.376 e. The highest BCUT2D eigenvalue weighted by atomic mass is 16.5. The second kappa shape index (κ2) is 6.92. The van der Waals surface area contributed by atoms with Crippen LogP contribution in [0, 0.1) is 11.3 Å². The first kappa shape index (κ1) is 16.2. The van der Waals surface area contributed by atoms with E-state index >= 15 is 0 Å². The molecule has 25 heavy (non-hydrogen) atoms. The van der Waals surface area contributed by atoms with Crippen molar-refractivity contribution in [2.24, 2.45) is 11.3 Å². The van der Waals surface area contributed by atoms with E-state index in [0.29, 0.717) is 24.8 Å². The van der Waals surface area contributed by atoms with E-state index in [1.165, 1.54) is 12.8 Å². The second-order valence-corrected chi connectivity index (χ2v) is 7.20. The van der Waals surface area contributed by atoms with Crippen LogP contribution in [0.4, 0.5) is 0 Å². The van der Waals surface area contributed by atoms with Crippen molar-refractivity contribution in [3.8, 4) is 0 Å². The number of carbonyl (C=O) groups excluding carboxylic acids is 1. The number of hydrogen-bond donors (Lipinski definition) is 0. The number of pyridine rings is 2. The molecular formula is C20H23N3O2. The molecular weight excluding hydrogens is 314 g/mol. The quantitative estimate of drug-likeness (QED) is 0.842. The average Bonchev–Trinajstić information content (AvgIpc) is 3.20. The van der Waals surface area contributed by atoms with Gasteiger partial charge in [0.25, 0.3) is 5.91 Å². The zero-order valence-corrected chi connectivity index (χ0v) is 14.3. The molecule has 0 radical (unpaired) electrons. The van der Waals surface area contributed by atoms with Crippen LogP contribution in [0.5, 0.6) is 0 Å². The van der Waals surface area contributed by atoms with Gasteiger partial charge < -0.3 is 9.64 Å². The maximum atomic E-state index is 12.7. The first-order valence-electron chi connectivity index (χ1n) is 8.94. The fourth-order valence-corrected chi connectivity index (χ4v) is 4.31. The number of aromatic nitrogens is 2. The molecule has 2 aromatic heterocycles. The number of nitrogens with zero attached hydrogens (tertiary/aromatic N) is 3. The fourth-order valence-electron chi connectivity index (χ4n) is 4.31. The summed E-state index contributed by atoms with van der Waals surface area (Å²) in [7, 11) is 0. The Labute approximate surface area is 148 Å². The van der Waals surface area contributed by atoms with Crippen LogP contribution < -0.4 is 0 Å². The summed E-state index contributed by atoms with van der Waals surface area (Å²) >= 11 is 0. The lowest BCUT2D eigenvalue weighted by Gasteiger charge is -2.28. The van der Waals surface area contributed by atoms with Crippen LogP contribution in [0.25, 0.3) is 0 Å².